The van der Waals surface area contributed by atoms with E-state index in [-0.39, 0.29) is 22.4 Å². The number of amides is 1. The number of carbonyl (C=O) groups excluding carboxylic acids is 2. The average molecular weight is 443 g/mol. The van der Waals surface area contributed by atoms with E-state index in [9.17, 15) is 9.59 Å². The van der Waals surface area contributed by atoms with Gasteiger partial charge in [0.15, 0.2) is 5.01 Å². The smallest absolute Gasteiger partial charge is 0.270 e. The number of nitrogens with zero attached hydrogens (tertiary/aromatic N) is 1. The molecule has 0 unspecified atom stereocenters. The molecule has 8 heteroatoms. The maximum Gasteiger partial charge on any atom is 0.270 e. The maximum atomic E-state index is 12.6. The molecule has 1 amide bonds. The molecule has 2 N–H and O–H groups in total. The third kappa shape index (κ3) is 2.62. The minimum atomic E-state index is -0.306. The second kappa shape index (κ2) is 5.94. The number of aromatic amines is 1. The number of halogens is 2. The van der Waals surface area contributed by atoms with E-state index in [1.54, 1.807) is 11.6 Å². The second-order valence-electron chi connectivity index (χ2n) is 4.46. The Morgan fingerprint density at radius 2 is 2.09 bits per heavy atom. The number of aromatic nitrogens is 2. The lowest BCUT2D eigenvalue weighted by Crippen LogP contribution is -2.18. The fourth-order valence-corrected chi connectivity index (χ4v) is 4.16. The number of ketones is 1. The Morgan fingerprint density at radius 3 is 2.82 bits per heavy atom. The molecule has 0 atom stereocenters. The number of hydrogen-bond acceptors (Lipinski definition) is 4. The van der Waals surface area contributed by atoms with Crippen LogP contribution in [0.1, 0.15) is 25.9 Å². The zero-order valence-corrected chi connectivity index (χ0v) is 15.2. The van der Waals surface area contributed by atoms with Crippen molar-refractivity contribution in [1.82, 2.24) is 15.3 Å². The molecular formula is C14H9Br2N3O2S. The van der Waals surface area contributed by atoms with E-state index >= 15 is 0 Å². The van der Waals surface area contributed by atoms with Crippen molar-refractivity contribution in [3.8, 4) is 0 Å². The fourth-order valence-electron chi connectivity index (χ4n) is 2.07. The molecule has 0 fully saturated rings. The summed E-state index contributed by atoms with van der Waals surface area (Å²) in [6.45, 7) is 0. The van der Waals surface area contributed by atoms with Crippen molar-refractivity contribution in [1.29, 1.82) is 0 Å². The van der Waals surface area contributed by atoms with E-state index < -0.39 is 0 Å². The van der Waals surface area contributed by atoms with Crippen molar-refractivity contribution in [2.45, 2.75) is 0 Å². The molecule has 1 aromatic carbocycles. The molecule has 0 aliphatic rings. The van der Waals surface area contributed by atoms with Gasteiger partial charge < -0.3 is 10.3 Å². The molecule has 22 heavy (non-hydrogen) atoms. The zero-order valence-electron chi connectivity index (χ0n) is 11.2. The third-order valence-corrected chi connectivity index (χ3v) is 5.03. The molecule has 0 saturated carbocycles. The summed E-state index contributed by atoms with van der Waals surface area (Å²) in [6.07, 6.45) is 1.66. The molecule has 5 nitrogen and oxygen atoms in total. The van der Waals surface area contributed by atoms with Gasteiger partial charge in [0.1, 0.15) is 5.69 Å². The number of benzene rings is 1. The maximum absolute atomic E-state index is 12.6. The number of H-pyrrole nitrogens is 1. The van der Waals surface area contributed by atoms with Crippen LogP contribution >= 0.6 is 43.2 Å². The lowest BCUT2D eigenvalue weighted by Gasteiger charge is -1.99. The highest BCUT2D eigenvalue weighted by atomic mass is 79.9. The molecule has 0 aliphatic heterocycles. The Morgan fingerprint density at radius 1 is 1.32 bits per heavy atom. The van der Waals surface area contributed by atoms with Gasteiger partial charge in [0.25, 0.3) is 5.91 Å². The van der Waals surface area contributed by atoms with Crippen molar-refractivity contribution in [2.24, 2.45) is 0 Å². The Kier molecular flexibility index (Phi) is 4.16. The summed E-state index contributed by atoms with van der Waals surface area (Å²) in [4.78, 5) is 31.4. The normalized spacial score (nSPS) is 10.9. The first kappa shape index (κ1) is 15.4. The van der Waals surface area contributed by atoms with E-state index in [0.717, 1.165) is 31.2 Å². The zero-order chi connectivity index (χ0) is 15.9. The lowest BCUT2D eigenvalue weighted by atomic mass is 10.1. The van der Waals surface area contributed by atoms with E-state index in [4.69, 9.17) is 0 Å². The Labute approximate surface area is 146 Å². The van der Waals surface area contributed by atoms with Crippen LogP contribution in [0.3, 0.4) is 0 Å². The van der Waals surface area contributed by atoms with Crippen LogP contribution in [0.4, 0.5) is 0 Å². The Balaban J connectivity index is 2.06. The van der Waals surface area contributed by atoms with Crippen molar-refractivity contribution < 1.29 is 9.59 Å². The Hall–Kier alpha value is -1.51. The highest BCUT2D eigenvalue weighted by Crippen LogP contribution is 2.31. The predicted molar refractivity (Wildman–Crippen MR) is 92.6 cm³/mol. The topological polar surface area (TPSA) is 74.8 Å². The van der Waals surface area contributed by atoms with Gasteiger partial charge in [-0.2, -0.15) is 0 Å². The predicted octanol–water partition coefficient (Wildman–Crippen LogP) is 3.74. The number of nitrogens with one attached hydrogen (secondary N) is 2. The summed E-state index contributed by atoms with van der Waals surface area (Å²) in [5.41, 5.74) is 1.61. The molecule has 0 spiro atoms. The van der Waals surface area contributed by atoms with Crippen LogP contribution in [0.2, 0.25) is 0 Å². The molecule has 0 radical (unpaired) electrons. The van der Waals surface area contributed by atoms with Crippen LogP contribution < -0.4 is 5.32 Å². The van der Waals surface area contributed by atoms with Gasteiger partial charge in [0, 0.05) is 33.0 Å². The number of rotatable bonds is 3. The largest absolute Gasteiger partial charge is 0.360 e. The van der Waals surface area contributed by atoms with Crippen molar-refractivity contribution in [2.75, 3.05) is 7.05 Å². The number of thiazole rings is 1. The van der Waals surface area contributed by atoms with Gasteiger partial charge >= 0.3 is 0 Å². The summed E-state index contributed by atoms with van der Waals surface area (Å²) >= 11 is 8.04. The SMILES string of the molecule is CNC(=O)c1csc(C(=O)c2c[nH]c3c(Br)cc(Br)cc23)n1. The first-order valence-electron chi connectivity index (χ1n) is 6.19. The second-order valence-corrected chi connectivity index (χ2v) is 7.09. The van der Waals surface area contributed by atoms with Crippen molar-refractivity contribution in [3.63, 3.8) is 0 Å². The molecule has 3 rings (SSSR count). The van der Waals surface area contributed by atoms with Crippen molar-refractivity contribution in [3.05, 3.63) is 48.9 Å². The third-order valence-electron chi connectivity index (χ3n) is 3.11. The number of hydrogen-bond donors (Lipinski definition) is 2. The van der Waals surface area contributed by atoms with Gasteiger partial charge in [-0.1, -0.05) is 15.9 Å². The van der Waals surface area contributed by atoms with Gasteiger partial charge in [-0.25, -0.2) is 4.98 Å². The van der Waals surface area contributed by atoms with Crippen LogP contribution in [-0.2, 0) is 0 Å². The van der Waals surface area contributed by atoms with E-state index in [0.29, 0.717) is 5.56 Å². The highest BCUT2D eigenvalue weighted by Gasteiger charge is 2.20. The number of carbonyl (C=O) groups is 2. The molecule has 0 bridgehead atoms. The van der Waals surface area contributed by atoms with Gasteiger partial charge in [0.05, 0.1) is 11.1 Å². The summed E-state index contributed by atoms with van der Waals surface area (Å²) in [5, 5.41) is 5.15. The van der Waals surface area contributed by atoms with E-state index in [1.807, 2.05) is 12.1 Å². The van der Waals surface area contributed by atoms with Crippen LogP contribution in [0.5, 0.6) is 0 Å². The first-order chi connectivity index (χ1) is 10.5. The lowest BCUT2D eigenvalue weighted by molar-refractivity contribution is 0.0959. The minimum Gasteiger partial charge on any atom is -0.360 e. The van der Waals surface area contributed by atoms with Crippen LogP contribution in [-0.4, -0.2) is 28.7 Å². The van der Waals surface area contributed by atoms with Crippen LogP contribution in [0, 0.1) is 0 Å². The van der Waals surface area contributed by atoms with Crippen molar-refractivity contribution >= 4 is 65.8 Å². The van der Waals surface area contributed by atoms with Gasteiger partial charge in [-0.15, -0.1) is 11.3 Å². The quantitative estimate of drug-likeness (QED) is 0.606. The van der Waals surface area contributed by atoms with E-state index in [2.05, 4.69) is 47.1 Å². The summed E-state index contributed by atoms with van der Waals surface area (Å²) in [6, 6.07) is 3.78. The fraction of sp³-hybridized carbons (Fsp3) is 0.0714. The summed E-state index contributed by atoms with van der Waals surface area (Å²) in [5.74, 6) is -0.517. The van der Waals surface area contributed by atoms with Gasteiger partial charge in [0.2, 0.25) is 5.78 Å². The molecule has 2 heterocycles. The molecule has 2 aromatic heterocycles. The Bertz CT molecular complexity index is 901. The molecule has 0 saturated heterocycles. The molecule has 3 aromatic rings. The highest BCUT2D eigenvalue weighted by molar-refractivity contribution is 9.11. The first-order valence-corrected chi connectivity index (χ1v) is 8.66. The monoisotopic (exact) mass is 441 g/mol. The molecule has 112 valence electrons. The minimum absolute atomic E-state index is 0.212. The molecular weight excluding hydrogens is 434 g/mol. The van der Waals surface area contributed by atoms with E-state index in [1.165, 1.54) is 7.05 Å². The van der Waals surface area contributed by atoms with Gasteiger partial charge in [-0.3, -0.25) is 9.59 Å². The van der Waals surface area contributed by atoms with Crippen LogP contribution in [0.25, 0.3) is 10.9 Å². The van der Waals surface area contributed by atoms with Crippen LogP contribution in [0.15, 0.2) is 32.7 Å². The average Bonchev–Trinajstić information content (AvgIpc) is 3.12. The number of fused-ring (bicyclic) bond motifs is 1. The summed E-state index contributed by atoms with van der Waals surface area (Å²) < 4.78 is 1.73. The standard InChI is InChI=1S/C14H9Br2N3O2S/c1-17-13(21)10-5-22-14(19-10)12(20)8-4-18-11-7(8)2-6(15)3-9(11)16/h2-5,18H,1H3,(H,17,21). The molecule has 0 aliphatic carbocycles. The van der Waals surface area contributed by atoms with Gasteiger partial charge in [-0.05, 0) is 28.1 Å². The summed E-state index contributed by atoms with van der Waals surface area (Å²) in [7, 11) is 1.53.